The SMILES string of the molecule is O=C(Cc1ccc(NC(=O)C2(c3cccc(Cl)c3)CC2)cc1)N1CCSCC1. The van der Waals surface area contributed by atoms with E-state index in [1.807, 2.05) is 65.2 Å². The molecule has 6 heteroatoms. The molecule has 2 aliphatic rings. The number of nitrogens with zero attached hydrogens (tertiary/aromatic N) is 1. The first kappa shape index (κ1) is 19.3. The summed E-state index contributed by atoms with van der Waals surface area (Å²) in [7, 11) is 0. The van der Waals surface area contributed by atoms with Crippen molar-refractivity contribution in [2.24, 2.45) is 0 Å². The molecule has 1 aliphatic carbocycles. The zero-order chi connectivity index (χ0) is 19.6. The Kier molecular flexibility index (Phi) is 5.65. The van der Waals surface area contributed by atoms with Gasteiger partial charge in [-0.15, -0.1) is 0 Å². The smallest absolute Gasteiger partial charge is 0.235 e. The van der Waals surface area contributed by atoms with E-state index in [0.717, 1.165) is 54.3 Å². The fourth-order valence-corrected chi connectivity index (χ4v) is 4.71. The maximum Gasteiger partial charge on any atom is 0.235 e. The van der Waals surface area contributed by atoms with E-state index in [-0.39, 0.29) is 11.8 Å². The molecule has 0 atom stereocenters. The van der Waals surface area contributed by atoms with Gasteiger partial charge in [-0.2, -0.15) is 11.8 Å². The third-order valence-electron chi connectivity index (χ3n) is 5.49. The number of carbonyl (C=O) groups is 2. The van der Waals surface area contributed by atoms with Gasteiger partial charge in [0.05, 0.1) is 11.8 Å². The first-order chi connectivity index (χ1) is 13.6. The van der Waals surface area contributed by atoms with Gasteiger partial charge >= 0.3 is 0 Å². The number of anilines is 1. The predicted molar refractivity (Wildman–Crippen MR) is 115 cm³/mol. The molecule has 1 N–H and O–H groups in total. The summed E-state index contributed by atoms with van der Waals surface area (Å²) in [6, 6.07) is 15.1. The van der Waals surface area contributed by atoms with Crippen molar-refractivity contribution in [1.29, 1.82) is 0 Å². The van der Waals surface area contributed by atoms with E-state index in [1.165, 1.54) is 0 Å². The van der Waals surface area contributed by atoms with Crippen LogP contribution in [-0.2, 0) is 21.4 Å². The number of amides is 2. The van der Waals surface area contributed by atoms with E-state index >= 15 is 0 Å². The van der Waals surface area contributed by atoms with E-state index in [2.05, 4.69) is 5.32 Å². The summed E-state index contributed by atoms with van der Waals surface area (Å²) < 4.78 is 0. The Labute approximate surface area is 174 Å². The van der Waals surface area contributed by atoms with Crippen molar-refractivity contribution in [3.63, 3.8) is 0 Å². The first-order valence-corrected chi connectivity index (χ1v) is 11.1. The van der Waals surface area contributed by atoms with Gasteiger partial charge in [-0.05, 0) is 48.2 Å². The Bertz CT molecular complexity index is 874. The molecule has 1 heterocycles. The second-order valence-corrected chi connectivity index (χ2v) is 9.07. The lowest BCUT2D eigenvalue weighted by atomic mass is 9.95. The highest BCUT2D eigenvalue weighted by molar-refractivity contribution is 7.99. The molecule has 2 aromatic rings. The van der Waals surface area contributed by atoms with Crippen molar-refractivity contribution in [3.8, 4) is 0 Å². The van der Waals surface area contributed by atoms with Crippen LogP contribution in [0, 0.1) is 0 Å². The largest absolute Gasteiger partial charge is 0.341 e. The van der Waals surface area contributed by atoms with Crippen LogP contribution in [-0.4, -0.2) is 41.3 Å². The summed E-state index contributed by atoms with van der Waals surface area (Å²) in [5.74, 6) is 2.22. The van der Waals surface area contributed by atoms with Crippen molar-refractivity contribution < 1.29 is 9.59 Å². The molecule has 0 radical (unpaired) electrons. The molecule has 1 saturated heterocycles. The third-order valence-corrected chi connectivity index (χ3v) is 6.67. The average molecular weight is 415 g/mol. The summed E-state index contributed by atoms with van der Waals surface area (Å²) >= 11 is 7.99. The Morgan fingerprint density at radius 2 is 1.79 bits per heavy atom. The van der Waals surface area contributed by atoms with E-state index in [4.69, 9.17) is 11.6 Å². The van der Waals surface area contributed by atoms with Crippen LogP contribution in [0.15, 0.2) is 48.5 Å². The second-order valence-electron chi connectivity index (χ2n) is 7.41. The number of hydrogen-bond acceptors (Lipinski definition) is 3. The fraction of sp³-hybridized carbons (Fsp3) is 0.364. The highest BCUT2D eigenvalue weighted by Gasteiger charge is 2.51. The standard InChI is InChI=1S/C22H23ClN2O2S/c23-18-3-1-2-17(15-18)22(8-9-22)21(27)24-19-6-4-16(5-7-19)14-20(26)25-10-12-28-13-11-25/h1-7,15H,8-14H2,(H,24,27). The highest BCUT2D eigenvalue weighted by Crippen LogP contribution is 2.49. The van der Waals surface area contributed by atoms with Gasteiger partial charge in [0.15, 0.2) is 0 Å². The van der Waals surface area contributed by atoms with Gasteiger partial charge in [0, 0.05) is 35.3 Å². The molecule has 2 aromatic carbocycles. The van der Waals surface area contributed by atoms with Crippen LogP contribution >= 0.6 is 23.4 Å². The molecule has 4 rings (SSSR count). The number of hydrogen-bond donors (Lipinski definition) is 1. The zero-order valence-electron chi connectivity index (χ0n) is 15.6. The summed E-state index contributed by atoms with van der Waals surface area (Å²) in [6.45, 7) is 1.67. The predicted octanol–water partition coefficient (Wildman–Crippen LogP) is 4.13. The van der Waals surface area contributed by atoms with Crippen LogP contribution in [0.4, 0.5) is 5.69 Å². The summed E-state index contributed by atoms with van der Waals surface area (Å²) in [5, 5.41) is 3.68. The van der Waals surface area contributed by atoms with Crippen LogP contribution < -0.4 is 5.32 Å². The summed E-state index contributed by atoms with van der Waals surface area (Å²) in [4.78, 5) is 27.2. The fourth-order valence-electron chi connectivity index (χ4n) is 3.61. The molecule has 28 heavy (non-hydrogen) atoms. The van der Waals surface area contributed by atoms with Gasteiger partial charge in [0.25, 0.3) is 0 Å². The number of benzene rings is 2. The molecule has 146 valence electrons. The van der Waals surface area contributed by atoms with Gasteiger partial charge < -0.3 is 10.2 Å². The first-order valence-electron chi connectivity index (χ1n) is 9.59. The van der Waals surface area contributed by atoms with Gasteiger partial charge in [0.1, 0.15) is 0 Å². The van der Waals surface area contributed by atoms with Gasteiger partial charge in [0.2, 0.25) is 11.8 Å². The molecule has 0 unspecified atom stereocenters. The molecule has 4 nitrogen and oxygen atoms in total. The van der Waals surface area contributed by atoms with Crippen LogP contribution in [0.1, 0.15) is 24.0 Å². The minimum absolute atomic E-state index is 0.00408. The maximum absolute atomic E-state index is 12.9. The minimum Gasteiger partial charge on any atom is -0.341 e. The Morgan fingerprint density at radius 1 is 1.07 bits per heavy atom. The van der Waals surface area contributed by atoms with Crippen molar-refractivity contribution >= 4 is 40.9 Å². The highest BCUT2D eigenvalue weighted by atomic mass is 35.5. The monoisotopic (exact) mass is 414 g/mol. The molecule has 2 fully saturated rings. The molecule has 0 bridgehead atoms. The van der Waals surface area contributed by atoms with Gasteiger partial charge in [-0.3, -0.25) is 9.59 Å². The maximum atomic E-state index is 12.9. The topological polar surface area (TPSA) is 49.4 Å². The lowest BCUT2D eigenvalue weighted by Crippen LogP contribution is -2.38. The average Bonchev–Trinajstić information content (AvgIpc) is 3.52. The molecular formula is C22H23ClN2O2S. The normalized spacial score (nSPS) is 17.8. The van der Waals surface area contributed by atoms with Crippen molar-refractivity contribution in [2.75, 3.05) is 29.9 Å². The van der Waals surface area contributed by atoms with E-state index < -0.39 is 5.41 Å². The molecule has 0 spiro atoms. The number of rotatable bonds is 5. The lowest BCUT2D eigenvalue weighted by Gasteiger charge is -2.26. The molecular weight excluding hydrogens is 392 g/mol. The van der Waals surface area contributed by atoms with Crippen LogP contribution in [0.5, 0.6) is 0 Å². The zero-order valence-corrected chi connectivity index (χ0v) is 17.2. The molecule has 2 amide bonds. The Hall–Kier alpha value is -1.98. The summed E-state index contributed by atoms with van der Waals surface area (Å²) in [5.41, 5.74) is 2.23. The second kappa shape index (κ2) is 8.18. The van der Waals surface area contributed by atoms with Crippen LogP contribution in [0.2, 0.25) is 5.02 Å². The van der Waals surface area contributed by atoms with E-state index in [1.54, 1.807) is 0 Å². The van der Waals surface area contributed by atoms with Crippen molar-refractivity contribution in [3.05, 3.63) is 64.7 Å². The number of halogens is 1. The quantitative estimate of drug-likeness (QED) is 0.800. The van der Waals surface area contributed by atoms with Crippen LogP contribution in [0.3, 0.4) is 0 Å². The number of nitrogens with one attached hydrogen (secondary N) is 1. The third kappa shape index (κ3) is 4.20. The molecule has 0 aromatic heterocycles. The van der Waals surface area contributed by atoms with Crippen molar-refractivity contribution in [2.45, 2.75) is 24.7 Å². The van der Waals surface area contributed by atoms with Crippen LogP contribution in [0.25, 0.3) is 0 Å². The Balaban J connectivity index is 1.38. The molecule has 1 saturated carbocycles. The summed E-state index contributed by atoms with van der Waals surface area (Å²) in [6.07, 6.45) is 2.07. The van der Waals surface area contributed by atoms with E-state index in [9.17, 15) is 9.59 Å². The van der Waals surface area contributed by atoms with E-state index in [0.29, 0.717) is 11.4 Å². The van der Waals surface area contributed by atoms with Gasteiger partial charge in [-0.1, -0.05) is 35.9 Å². The Morgan fingerprint density at radius 3 is 2.43 bits per heavy atom. The van der Waals surface area contributed by atoms with Crippen molar-refractivity contribution in [1.82, 2.24) is 4.90 Å². The molecule has 1 aliphatic heterocycles. The lowest BCUT2D eigenvalue weighted by molar-refractivity contribution is -0.130. The van der Waals surface area contributed by atoms with Gasteiger partial charge in [-0.25, -0.2) is 0 Å². The number of thioether (sulfide) groups is 1. The minimum atomic E-state index is -0.466. The number of carbonyl (C=O) groups excluding carboxylic acids is 2.